The van der Waals surface area contributed by atoms with E-state index < -0.39 is 6.10 Å². The van der Waals surface area contributed by atoms with Gasteiger partial charge in [-0.3, -0.25) is 4.90 Å². The Kier molecular flexibility index (Phi) is 4.86. The number of aromatic nitrogens is 3. The number of aliphatic hydroxyl groups excluding tert-OH is 1. The average molecular weight is 351 g/mol. The summed E-state index contributed by atoms with van der Waals surface area (Å²) in [5.41, 5.74) is 2.21. The largest absolute Gasteiger partial charge is 0.387 e. The minimum atomic E-state index is -0.479. The van der Waals surface area contributed by atoms with Gasteiger partial charge in [0.1, 0.15) is 0 Å². The van der Waals surface area contributed by atoms with Crippen LogP contribution in [-0.2, 0) is 6.54 Å². The second-order valence-electron chi connectivity index (χ2n) is 6.74. The standard InChI is InChI=1S/C20H25N5O/c1-2-24-14-17(16-6-3-4-7-18(16)24)19(26)15-23-10-12-25(13-11-23)20-21-8-5-9-22-20/h3-9,14,19,26H,2,10-13,15H2,1H3/t19-/m1/s1. The van der Waals surface area contributed by atoms with Crippen LogP contribution in [0.5, 0.6) is 0 Å². The fourth-order valence-corrected chi connectivity index (χ4v) is 3.73. The Morgan fingerprint density at radius 3 is 2.50 bits per heavy atom. The summed E-state index contributed by atoms with van der Waals surface area (Å²) in [4.78, 5) is 13.2. The van der Waals surface area contributed by atoms with Crippen molar-refractivity contribution in [1.29, 1.82) is 0 Å². The Morgan fingerprint density at radius 1 is 1.04 bits per heavy atom. The van der Waals surface area contributed by atoms with E-state index in [2.05, 4.69) is 55.7 Å². The Morgan fingerprint density at radius 2 is 1.77 bits per heavy atom. The molecule has 1 N–H and O–H groups in total. The zero-order valence-corrected chi connectivity index (χ0v) is 15.1. The van der Waals surface area contributed by atoms with Gasteiger partial charge in [-0.15, -0.1) is 0 Å². The van der Waals surface area contributed by atoms with E-state index in [1.807, 2.05) is 12.1 Å². The predicted octanol–water partition coefficient (Wildman–Crippen LogP) is 2.31. The van der Waals surface area contributed by atoms with Crippen LogP contribution in [0.15, 0.2) is 48.9 Å². The second-order valence-corrected chi connectivity index (χ2v) is 6.74. The van der Waals surface area contributed by atoms with E-state index in [-0.39, 0.29) is 0 Å². The molecule has 0 unspecified atom stereocenters. The number of para-hydroxylation sites is 1. The first-order chi connectivity index (χ1) is 12.8. The van der Waals surface area contributed by atoms with E-state index in [4.69, 9.17) is 0 Å². The van der Waals surface area contributed by atoms with Crippen molar-refractivity contribution >= 4 is 16.9 Å². The van der Waals surface area contributed by atoms with Crippen molar-refractivity contribution in [2.45, 2.75) is 19.6 Å². The number of piperazine rings is 1. The highest BCUT2D eigenvalue weighted by atomic mass is 16.3. The summed E-state index contributed by atoms with van der Waals surface area (Å²) in [5, 5.41) is 12.0. The third kappa shape index (κ3) is 3.30. The molecular weight excluding hydrogens is 326 g/mol. The van der Waals surface area contributed by atoms with Gasteiger partial charge >= 0.3 is 0 Å². The lowest BCUT2D eigenvalue weighted by Crippen LogP contribution is -2.48. The van der Waals surface area contributed by atoms with Crippen LogP contribution in [0.4, 0.5) is 5.95 Å². The SMILES string of the molecule is CCn1cc([C@H](O)CN2CCN(c3ncccn3)CC2)c2ccccc21. The Labute approximate surface area is 153 Å². The fraction of sp³-hybridized carbons (Fsp3) is 0.400. The minimum absolute atomic E-state index is 0.479. The molecule has 2 aromatic heterocycles. The molecule has 1 aromatic carbocycles. The maximum Gasteiger partial charge on any atom is 0.225 e. The number of benzene rings is 1. The van der Waals surface area contributed by atoms with Gasteiger partial charge in [0.05, 0.1) is 6.10 Å². The molecule has 6 heteroatoms. The van der Waals surface area contributed by atoms with Gasteiger partial charge in [0.25, 0.3) is 0 Å². The van der Waals surface area contributed by atoms with Crippen molar-refractivity contribution in [3.63, 3.8) is 0 Å². The third-order valence-corrected chi connectivity index (χ3v) is 5.16. The van der Waals surface area contributed by atoms with Crippen molar-refractivity contribution in [2.24, 2.45) is 0 Å². The molecule has 0 bridgehead atoms. The minimum Gasteiger partial charge on any atom is -0.387 e. The predicted molar refractivity (Wildman–Crippen MR) is 103 cm³/mol. The number of hydrogen-bond acceptors (Lipinski definition) is 5. The van der Waals surface area contributed by atoms with Crippen LogP contribution in [0.3, 0.4) is 0 Å². The first-order valence-electron chi connectivity index (χ1n) is 9.26. The highest BCUT2D eigenvalue weighted by Gasteiger charge is 2.23. The zero-order chi connectivity index (χ0) is 17.9. The molecule has 1 saturated heterocycles. The normalized spacial score (nSPS) is 16.9. The molecule has 0 radical (unpaired) electrons. The maximum absolute atomic E-state index is 10.9. The third-order valence-electron chi connectivity index (χ3n) is 5.16. The van der Waals surface area contributed by atoms with Crippen molar-refractivity contribution in [3.05, 3.63) is 54.5 Å². The van der Waals surface area contributed by atoms with E-state index in [1.54, 1.807) is 12.4 Å². The number of aryl methyl sites for hydroxylation is 1. The molecule has 136 valence electrons. The van der Waals surface area contributed by atoms with Crippen LogP contribution in [0.2, 0.25) is 0 Å². The molecule has 1 atom stereocenters. The molecule has 6 nitrogen and oxygen atoms in total. The quantitative estimate of drug-likeness (QED) is 0.764. The molecule has 0 amide bonds. The van der Waals surface area contributed by atoms with Gasteiger partial charge in [0, 0.05) is 74.3 Å². The summed E-state index contributed by atoms with van der Waals surface area (Å²) < 4.78 is 2.21. The van der Waals surface area contributed by atoms with Crippen molar-refractivity contribution < 1.29 is 5.11 Å². The van der Waals surface area contributed by atoms with Gasteiger partial charge in [-0.2, -0.15) is 0 Å². The van der Waals surface area contributed by atoms with Gasteiger partial charge in [-0.1, -0.05) is 18.2 Å². The van der Waals surface area contributed by atoms with Crippen LogP contribution in [0.1, 0.15) is 18.6 Å². The topological polar surface area (TPSA) is 57.4 Å². The number of aliphatic hydroxyl groups is 1. The molecule has 1 aliphatic heterocycles. The number of anilines is 1. The number of rotatable bonds is 5. The van der Waals surface area contributed by atoms with E-state index in [1.165, 1.54) is 5.52 Å². The molecule has 3 aromatic rings. The van der Waals surface area contributed by atoms with Gasteiger partial charge < -0.3 is 14.6 Å². The van der Waals surface area contributed by atoms with Crippen LogP contribution < -0.4 is 4.90 Å². The summed E-state index contributed by atoms with van der Waals surface area (Å²) in [6, 6.07) is 10.1. The summed E-state index contributed by atoms with van der Waals surface area (Å²) in [7, 11) is 0. The van der Waals surface area contributed by atoms with Gasteiger partial charge in [0.15, 0.2) is 0 Å². The van der Waals surface area contributed by atoms with Crippen LogP contribution in [0.25, 0.3) is 10.9 Å². The van der Waals surface area contributed by atoms with E-state index in [0.717, 1.165) is 49.6 Å². The van der Waals surface area contributed by atoms with Crippen molar-refractivity contribution in [3.8, 4) is 0 Å². The molecule has 0 spiro atoms. The Bertz CT molecular complexity index is 855. The molecule has 0 aliphatic carbocycles. The van der Waals surface area contributed by atoms with E-state index in [0.29, 0.717) is 6.54 Å². The fourth-order valence-electron chi connectivity index (χ4n) is 3.73. The molecule has 0 saturated carbocycles. The van der Waals surface area contributed by atoms with E-state index >= 15 is 0 Å². The number of β-amino-alcohol motifs (C(OH)–C–C–N with tert-alkyl or cyclic N) is 1. The highest BCUT2D eigenvalue weighted by molar-refractivity contribution is 5.84. The molecule has 26 heavy (non-hydrogen) atoms. The summed E-state index contributed by atoms with van der Waals surface area (Å²) in [6.45, 7) is 7.27. The Balaban J connectivity index is 1.43. The molecule has 3 heterocycles. The molecular formula is C20H25N5O. The van der Waals surface area contributed by atoms with Crippen molar-refractivity contribution in [2.75, 3.05) is 37.6 Å². The Hall–Kier alpha value is -2.44. The van der Waals surface area contributed by atoms with Crippen molar-refractivity contribution in [1.82, 2.24) is 19.4 Å². The number of nitrogens with zero attached hydrogens (tertiary/aromatic N) is 5. The summed E-state index contributed by atoms with van der Waals surface area (Å²) in [5.74, 6) is 0.790. The summed E-state index contributed by atoms with van der Waals surface area (Å²) >= 11 is 0. The summed E-state index contributed by atoms with van der Waals surface area (Å²) in [6.07, 6.45) is 5.18. The lowest BCUT2D eigenvalue weighted by atomic mass is 10.1. The monoisotopic (exact) mass is 351 g/mol. The first kappa shape index (κ1) is 17.0. The van der Waals surface area contributed by atoms with Gasteiger partial charge in [-0.05, 0) is 19.1 Å². The highest BCUT2D eigenvalue weighted by Crippen LogP contribution is 2.27. The lowest BCUT2D eigenvalue weighted by molar-refractivity contribution is 0.110. The lowest BCUT2D eigenvalue weighted by Gasteiger charge is -2.35. The average Bonchev–Trinajstić information content (AvgIpc) is 3.08. The van der Waals surface area contributed by atoms with Crippen LogP contribution in [-0.4, -0.2) is 57.3 Å². The second kappa shape index (κ2) is 7.43. The van der Waals surface area contributed by atoms with Gasteiger partial charge in [-0.25, -0.2) is 9.97 Å². The molecule has 4 rings (SSSR count). The zero-order valence-electron chi connectivity index (χ0n) is 15.1. The first-order valence-corrected chi connectivity index (χ1v) is 9.26. The van der Waals surface area contributed by atoms with E-state index in [9.17, 15) is 5.11 Å². The maximum atomic E-state index is 10.9. The van der Waals surface area contributed by atoms with Crippen LogP contribution >= 0.6 is 0 Å². The molecule has 1 aliphatic rings. The number of hydrogen-bond donors (Lipinski definition) is 1. The number of fused-ring (bicyclic) bond motifs is 1. The van der Waals surface area contributed by atoms with Crippen LogP contribution in [0, 0.1) is 0 Å². The smallest absolute Gasteiger partial charge is 0.225 e. The van der Waals surface area contributed by atoms with Gasteiger partial charge in [0.2, 0.25) is 5.95 Å². The molecule has 1 fully saturated rings.